The molecule has 1 aromatic rings. The minimum Gasteiger partial charge on any atom is -0.466 e. The monoisotopic (exact) mass is 370 g/mol. The molecule has 1 saturated heterocycles. The standard InChI is InChI=1S/C15H15IO3/c1-18-15(17)14-12(8-11-6-7-13(14)19-11)9-2-4-10(16)5-3-9/h2-5,11,13H,6-8H2,1H3/t11?,13-/m0/s1. The van der Waals surface area contributed by atoms with Gasteiger partial charge in [-0.15, -0.1) is 0 Å². The van der Waals surface area contributed by atoms with Crippen molar-refractivity contribution in [1.82, 2.24) is 0 Å². The van der Waals surface area contributed by atoms with Gasteiger partial charge in [-0.3, -0.25) is 0 Å². The van der Waals surface area contributed by atoms with E-state index in [1.54, 1.807) is 0 Å². The summed E-state index contributed by atoms with van der Waals surface area (Å²) in [4.78, 5) is 12.0. The first-order chi connectivity index (χ1) is 9.19. The van der Waals surface area contributed by atoms with E-state index in [9.17, 15) is 4.79 Å². The maximum absolute atomic E-state index is 12.0. The topological polar surface area (TPSA) is 35.5 Å². The van der Waals surface area contributed by atoms with Gasteiger partial charge in [-0.2, -0.15) is 0 Å². The lowest BCUT2D eigenvalue weighted by Gasteiger charge is -2.26. The Kier molecular flexibility index (Phi) is 3.62. The SMILES string of the molecule is COC(=O)C1=C(c2ccc(I)cc2)CC2CC[C@@H]1O2. The summed E-state index contributed by atoms with van der Waals surface area (Å²) in [5.74, 6) is -0.251. The Balaban J connectivity index is 2.07. The van der Waals surface area contributed by atoms with Crippen molar-refractivity contribution in [3.63, 3.8) is 0 Å². The van der Waals surface area contributed by atoms with Crippen molar-refractivity contribution in [3.8, 4) is 0 Å². The Bertz CT molecular complexity index is 533. The van der Waals surface area contributed by atoms with Crippen molar-refractivity contribution < 1.29 is 14.3 Å². The van der Waals surface area contributed by atoms with Crippen LogP contribution in [-0.4, -0.2) is 25.3 Å². The number of carbonyl (C=O) groups is 1. The van der Waals surface area contributed by atoms with Crippen LogP contribution in [0.5, 0.6) is 0 Å². The Hall–Kier alpha value is -0.880. The summed E-state index contributed by atoms with van der Waals surface area (Å²) >= 11 is 2.28. The van der Waals surface area contributed by atoms with E-state index in [0.29, 0.717) is 0 Å². The third-order valence-corrected chi connectivity index (χ3v) is 4.50. The second-order valence-electron chi connectivity index (χ2n) is 4.92. The number of hydrogen-bond acceptors (Lipinski definition) is 3. The maximum Gasteiger partial charge on any atom is 0.336 e. The second-order valence-corrected chi connectivity index (χ2v) is 6.16. The van der Waals surface area contributed by atoms with Crippen LogP contribution in [0.2, 0.25) is 0 Å². The second kappa shape index (κ2) is 5.25. The highest BCUT2D eigenvalue weighted by Crippen LogP contribution is 2.41. The van der Waals surface area contributed by atoms with Gasteiger partial charge >= 0.3 is 5.97 Å². The molecule has 1 fully saturated rings. The summed E-state index contributed by atoms with van der Waals surface area (Å²) < 4.78 is 12.0. The molecular weight excluding hydrogens is 355 g/mol. The molecule has 100 valence electrons. The minimum atomic E-state index is -0.251. The van der Waals surface area contributed by atoms with Gasteiger partial charge in [0.1, 0.15) is 0 Å². The quantitative estimate of drug-likeness (QED) is 0.593. The number of methoxy groups -OCH3 is 1. The van der Waals surface area contributed by atoms with E-state index in [0.717, 1.165) is 36.0 Å². The van der Waals surface area contributed by atoms with Gasteiger partial charge in [-0.05, 0) is 65.1 Å². The van der Waals surface area contributed by atoms with E-state index in [1.165, 1.54) is 10.7 Å². The summed E-state index contributed by atoms with van der Waals surface area (Å²) in [6.45, 7) is 0. The van der Waals surface area contributed by atoms with Crippen LogP contribution in [0.3, 0.4) is 0 Å². The van der Waals surface area contributed by atoms with Crippen molar-refractivity contribution in [2.24, 2.45) is 0 Å². The molecule has 0 saturated carbocycles. The van der Waals surface area contributed by atoms with Gasteiger partial charge in [0.2, 0.25) is 0 Å². The molecule has 1 aromatic carbocycles. The number of fused-ring (bicyclic) bond motifs is 2. The van der Waals surface area contributed by atoms with Crippen LogP contribution in [0.15, 0.2) is 29.8 Å². The van der Waals surface area contributed by atoms with Crippen LogP contribution in [0.4, 0.5) is 0 Å². The molecular formula is C15H15IO3. The number of ether oxygens (including phenoxy) is 2. The van der Waals surface area contributed by atoms with Crippen LogP contribution in [-0.2, 0) is 14.3 Å². The molecule has 2 aliphatic heterocycles. The lowest BCUT2D eigenvalue weighted by atomic mass is 9.92. The average Bonchev–Trinajstić information content (AvgIpc) is 2.80. The number of benzene rings is 1. The summed E-state index contributed by atoms with van der Waals surface area (Å²) in [6, 6.07) is 8.28. The van der Waals surface area contributed by atoms with E-state index in [1.807, 2.05) is 0 Å². The van der Waals surface area contributed by atoms with E-state index < -0.39 is 0 Å². The third kappa shape index (κ3) is 2.43. The summed E-state index contributed by atoms with van der Waals surface area (Å²) in [5, 5.41) is 0. The largest absolute Gasteiger partial charge is 0.466 e. The van der Waals surface area contributed by atoms with Crippen LogP contribution >= 0.6 is 22.6 Å². The molecule has 0 spiro atoms. The molecule has 0 amide bonds. The molecule has 19 heavy (non-hydrogen) atoms. The summed E-state index contributed by atoms with van der Waals surface area (Å²) in [5.41, 5.74) is 2.93. The number of hydrogen-bond donors (Lipinski definition) is 0. The van der Waals surface area contributed by atoms with Gasteiger partial charge in [-0.25, -0.2) is 4.79 Å². The molecule has 0 N–H and O–H groups in total. The molecule has 3 rings (SSSR count). The van der Waals surface area contributed by atoms with Crippen LogP contribution in [0.25, 0.3) is 5.57 Å². The van der Waals surface area contributed by atoms with Gasteiger partial charge in [-0.1, -0.05) is 12.1 Å². The number of rotatable bonds is 2. The number of halogens is 1. The number of carbonyl (C=O) groups excluding carboxylic acids is 1. The lowest BCUT2D eigenvalue weighted by molar-refractivity contribution is -0.137. The third-order valence-electron chi connectivity index (χ3n) is 3.78. The van der Waals surface area contributed by atoms with E-state index in [2.05, 4.69) is 46.9 Å². The van der Waals surface area contributed by atoms with Crippen LogP contribution < -0.4 is 0 Å². The normalized spacial score (nSPS) is 25.6. The molecule has 0 radical (unpaired) electrons. The zero-order chi connectivity index (χ0) is 13.4. The predicted molar refractivity (Wildman–Crippen MR) is 80.6 cm³/mol. The maximum atomic E-state index is 12.0. The minimum absolute atomic E-state index is 0.0829. The molecule has 4 heteroatoms. The van der Waals surface area contributed by atoms with Gasteiger partial charge in [0, 0.05) is 3.57 Å². The molecule has 2 bridgehead atoms. The first-order valence-electron chi connectivity index (χ1n) is 6.42. The first kappa shape index (κ1) is 13.1. The van der Waals surface area contributed by atoms with Crippen molar-refractivity contribution in [3.05, 3.63) is 39.0 Å². The average molecular weight is 370 g/mol. The van der Waals surface area contributed by atoms with E-state index in [-0.39, 0.29) is 18.2 Å². The molecule has 2 atom stereocenters. The van der Waals surface area contributed by atoms with Crippen LogP contribution in [0, 0.1) is 3.57 Å². The highest BCUT2D eigenvalue weighted by Gasteiger charge is 2.39. The predicted octanol–water partition coefficient (Wildman–Crippen LogP) is 3.17. The first-order valence-corrected chi connectivity index (χ1v) is 7.49. The summed E-state index contributed by atoms with van der Waals surface area (Å²) in [6.07, 6.45) is 2.93. The summed E-state index contributed by atoms with van der Waals surface area (Å²) in [7, 11) is 1.43. The highest BCUT2D eigenvalue weighted by molar-refractivity contribution is 14.1. The molecule has 3 nitrogen and oxygen atoms in total. The molecule has 2 aliphatic rings. The fraction of sp³-hybridized carbons (Fsp3) is 0.400. The van der Waals surface area contributed by atoms with Gasteiger partial charge in [0.25, 0.3) is 0 Å². The van der Waals surface area contributed by atoms with Crippen molar-refractivity contribution >= 4 is 34.1 Å². The number of esters is 1. The van der Waals surface area contributed by atoms with Crippen molar-refractivity contribution in [2.45, 2.75) is 31.5 Å². The Morgan fingerprint density at radius 3 is 2.74 bits per heavy atom. The highest BCUT2D eigenvalue weighted by atomic mass is 127. The lowest BCUT2D eigenvalue weighted by Crippen LogP contribution is -2.26. The van der Waals surface area contributed by atoms with Crippen LogP contribution in [0.1, 0.15) is 24.8 Å². The van der Waals surface area contributed by atoms with E-state index >= 15 is 0 Å². The Labute approximate surface area is 126 Å². The van der Waals surface area contributed by atoms with Crippen molar-refractivity contribution in [1.29, 1.82) is 0 Å². The Morgan fingerprint density at radius 2 is 2.05 bits per heavy atom. The molecule has 0 aromatic heterocycles. The van der Waals surface area contributed by atoms with Gasteiger partial charge < -0.3 is 9.47 Å². The molecule has 0 aliphatic carbocycles. The zero-order valence-corrected chi connectivity index (χ0v) is 12.8. The van der Waals surface area contributed by atoms with E-state index in [4.69, 9.17) is 9.47 Å². The van der Waals surface area contributed by atoms with Crippen molar-refractivity contribution in [2.75, 3.05) is 7.11 Å². The Morgan fingerprint density at radius 1 is 1.32 bits per heavy atom. The fourth-order valence-electron chi connectivity index (χ4n) is 2.89. The smallest absolute Gasteiger partial charge is 0.336 e. The molecule has 1 unspecified atom stereocenters. The fourth-order valence-corrected chi connectivity index (χ4v) is 3.25. The zero-order valence-electron chi connectivity index (χ0n) is 10.7. The molecule has 2 heterocycles. The van der Waals surface area contributed by atoms with Gasteiger partial charge in [0.05, 0.1) is 24.9 Å². The van der Waals surface area contributed by atoms with Gasteiger partial charge in [0.15, 0.2) is 0 Å².